The number of hydrogen-bond acceptors (Lipinski definition) is 4. The highest BCUT2D eigenvalue weighted by Gasteiger charge is 2.15. The highest BCUT2D eigenvalue weighted by molar-refractivity contribution is 7.15. The van der Waals surface area contributed by atoms with Crippen molar-refractivity contribution in [2.24, 2.45) is 0 Å². The van der Waals surface area contributed by atoms with Gasteiger partial charge in [-0.1, -0.05) is 43.7 Å². The average molecular weight is 290 g/mol. The number of benzene rings is 1. The fraction of sp³-hybridized carbons (Fsp3) is 0.333. The first-order chi connectivity index (χ1) is 9.70. The van der Waals surface area contributed by atoms with E-state index in [9.17, 15) is 4.79 Å². The van der Waals surface area contributed by atoms with Gasteiger partial charge in [-0.15, -0.1) is 11.3 Å². The molecular weight excluding hydrogens is 272 g/mol. The van der Waals surface area contributed by atoms with Crippen LogP contribution in [0.3, 0.4) is 0 Å². The number of rotatable bonds is 7. The van der Waals surface area contributed by atoms with Gasteiger partial charge in [0.2, 0.25) is 0 Å². The molecule has 20 heavy (non-hydrogen) atoms. The van der Waals surface area contributed by atoms with E-state index in [1.54, 1.807) is 11.3 Å². The first kappa shape index (κ1) is 14.7. The Balaban J connectivity index is 1.98. The average Bonchev–Trinajstić information content (AvgIpc) is 2.93. The Morgan fingerprint density at radius 1 is 1.40 bits per heavy atom. The van der Waals surface area contributed by atoms with Crippen molar-refractivity contribution in [2.75, 3.05) is 0 Å². The zero-order valence-electron chi connectivity index (χ0n) is 11.4. The first-order valence-corrected chi connectivity index (χ1v) is 7.48. The van der Waals surface area contributed by atoms with Crippen molar-refractivity contribution in [3.63, 3.8) is 0 Å². The summed E-state index contributed by atoms with van der Waals surface area (Å²) in [6.45, 7) is 2.53. The zero-order chi connectivity index (χ0) is 14.4. The molecular formula is C15H18N2O2S. The van der Waals surface area contributed by atoms with E-state index in [1.807, 2.05) is 43.5 Å². The number of thiazole rings is 1. The lowest BCUT2D eigenvalue weighted by Gasteiger charge is -2.11. The molecule has 0 amide bonds. The van der Waals surface area contributed by atoms with Gasteiger partial charge < -0.3 is 5.11 Å². The minimum Gasteiger partial charge on any atom is -0.480 e. The molecule has 0 fully saturated rings. The van der Waals surface area contributed by atoms with Crippen molar-refractivity contribution < 1.29 is 9.90 Å². The molecule has 0 aliphatic heterocycles. The number of aliphatic carboxylic acids is 1. The van der Waals surface area contributed by atoms with Gasteiger partial charge in [0, 0.05) is 23.2 Å². The summed E-state index contributed by atoms with van der Waals surface area (Å²) in [6.07, 6.45) is 3.30. The lowest BCUT2D eigenvalue weighted by atomic mass is 10.2. The Bertz CT molecular complexity index is 554. The van der Waals surface area contributed by atoms with Crippen LogP contribution in [0.5, 0.6) is 0 Å². The van der Waals surface area contributed by atoms with Crippen LogP contribution in [0.25, 0.3) is 10.6 Å². The van der Waals surface area contributed by atoms with Crippen molar-refractivity contribution in [3.05, 3.63) is 41.4 Å². The minimum atomic E-state index is -0.792. The molecule has 0 aliphatic rings. The van der Waals surface area contributed by atoms with Gasteiger partial charge in [0.1, 0.15) is 11.0 Å². The number of nitrogens with zero attached hydrogens (tertiary/aromatic N) is 1. The van der Waals surface area contributed by atoms with E-state index in [0.717, 1.165) is 21.9 Å². The molecule has 0 aliphatic carbocycles. The summed E-state index contributed by atoms with van der Waals surface area (Å²) >= 11 is 1.59. The Morgan fingerprint density at radius 3 is 2.80 bits per heavy atom. The Labute approximate surface area is 122 Å². The normalized spacial score (nSPS) is 12.2. The summed E-state index contributed by atoms with van der Waals surface area (Å²) in [5.74, 6) is -0.792. The van der Waals surface area contributed by atoms with Crippen LogP contribution < -0.4 is 5.32 Å². The van der Waals surface area contributed by atoms with Gasteiger partial charge in [0.25, 0.3) is 0 Å². The predicted octanol–water partition coefficient (Wildman–Crippen LogP) is 3.15. The van der Waals surface area contributed by atoms with Gasteiger partial charge >= 0.3 is 5.97 Å². The SMILES string of the molecule is CCCC(NCc1cnc(-c2ccccc2)s1)C(=O)O. The number of nitrogens with one attached hydrogen (secondary N) is 1. The molecule has 0 bridgehead atoms. The van der Waals surface area contributed by atoms with E-state index >= 15 is 0 Å². The molecule has 2 rings (SSSR count). The molecule has 1 unspecified atom stereocenters. The van der Waals surface area contributed by atoms with Gasteiger partial charge in [-0.3, -0.25) is 10.1 Å². The van der Waals surface area contributed by atoms with Crippen molar-refractivity contribution >= 4 is 17.3 Å². The van der Waals surface area contributed by atoms with E-state index in [-0.39, 0.29) is 0 Å². The molecule has 0 spiro atoms. The van der Waals surface area contributed by atoms with Crippen LogP contribution in [0.15, 0.2) is 36.5 Å². The summed E-state index contributed by atoms with van der Waals surface area (Å²) < 4.78 is 0. The topological polar surface area (TPSA) is 62.2 Å². The number of aromatic nitrogens is 1. The van der Waals surface area contributed by atoms with Gasteiger partial charge in [-0.05, 0) is 6.42 Å². The molecule has 1 atom stereocenters. The van der Waals surface area contributed by atoms with Crippen LogP contribution in [-0.4, -0.2) is 22.1 Å². The Morgan fingerprint density at radius 2 is 2.15 bits per heavy atom. The number of carboxylic acid groups (broad SMARTS) is 1. The number of carboxylic acids is 1. The fourth-order valence-electron chi connectivity index (χ4n) is 1.93. The molecule has 1 aromatic carbocycles. The summed E-state index contributed by atoms with van der Waals surface area (Å²) in [4.78, 5) is 16.5. The summed E-state index contributed by atoms with van der Waals surface area (Å²) in [6, 6.07) is 9.50. The van der Waals surface area contributed by atoms with E-state index in [1.165, 1.54) is 0 Å². The molecule has 0 radical (unpaired) electrons. The van der Waals surface area contributed by atoms with Crippen LogP contribution in [0, 0.1) is 0 Å². The lowest BCUT2D eigenvalue weighted by Crippen LogP contribution is -2.35. The third-order valence-corrected chi connectivity index (χ3v) is 4.02. The third kappa shape index (κ3) is 3.88. The largest absolute Gasteiger partial charge is 0.480 e. The summed E-state index contributed by atoms with van der Waals surface area (Å²) in [5, 5.41) is 13.1. The van der Waals surface area contributed by atoms with Crippen LogP contribution in [0.1, 0.15) is 24.6 Å². The van der Waals surface area contributed by atoms with E-state index in [0.29, 0.717) is 13.0 Å². The Hall–Kier alpha value is -1.72. The van der Waals surface area contributed by atoms with Crippen LogP contribution in [0.4, 0.5) is 0 Å². The molecule has 0 saturated heterocycles. The maximum Gasteiger partial charge on any atom is 0.320 e. The van der Waals surface area contributed by atoms with E-state index in [2.05, 4.69) is 10.3 Å². The number of hydrogen-bond donors (Lipinski definition) is 2. The van der Waals surface area contributed by atoms with Crippen molar-refractivity contribution in [1.29, 1.82) is 0 Å². The molecule has 4 nitrogen and oxygen atoms in total. The second-order valence-electron chi connectivity index (χ2n) is 4.56. The van der Waals surface area contributed by atoms with Gasteiger partial charge in [-0.2, -0.15) is 0 Å². The zero-order valence-corrected chi connectivity index (χ0v) is 12.2. The maximum atomic E-state index is 11.1. The highest BCUT2D eigenvalue weighted by Crippen LogP contribution is 2.24. The van der Waals surface area contributed by atoms with Gasteiger partial charge in [-0.25, -0.2) is 4.98 Å². The molecule has 2 N–H and O–H groups in total. The van der Waals surface area contributed by atoms with Gasteiger partial charge in [0.15, 0.2) is 0 Å². The molecule has 106 valence electrons. The maximum absolute atomic E-state index is 11.1. The third-order valence-electron chi connectivity index (χ3n) is 2.97. The van der Waals surface area contributed by atoms with Crippen molar-refractivity contribution in [2.45, 2.75) is 32.4 Å². The van der Waals surface area contributed by atoms with Crippen molar-refractivity contribution in [3.8, 4) is 10.6 Å². The predicted molar refractivity (Wildman–Crippen MR) is 80.7 cm³/mol. The molecule has 5 heteroatoms. The van der Waals surface area contributed by atoms with Crippen LogP contribution in [-0.2, 0) is 11.3 Å². The summed E-state index contributed by atoms with van der Waals surface area (Å²) in [5.41, 5.74) is 1.09. The standard InChI is InChI=1S/C15H18N2O2S/c1-2-6-13(15(18)19)16-9-12-10-17-14(20-12)11-7-4-3-5-8-11/h3-5,7-8,10,13,16H,2,6,9H2,1H3,(H,18,19). The van der Waals surface area contributed by atoms with Crippen LogP contribution >= 0.6 is 11.3 Å². The fourth-order valence-corrected chi connectivity index (χ4v) is 2.80. The first-order valence-electron chi connectivity index (χ1n) is 6.67. The monoisotopic (exact) mass is 290 g/mol. The second-order valence-corrected chi connectivity index (χ2v) is 5.67. The molecule has 1 aromatic heterocycles. The highest BCUT2D eigenvalue weighted by atomic mass is 32.1. The van der Waals surface area contributed by atoms with E-state index < -0.39 is 12.0 Å². The van der Waals surface area contributed by atoms with Crippen molar-refractivity contribution in [1.82, 2.24) is 10.3 Å². The molecule has 0 saturated carbocycles. The molecule has 1 heterocycles. The number of carbonyl (C=O) groups is 1. The second kappa shape index (κ2) is 7.17. The van der Waals surface area contributed by atoms with Crippen LogP contribution in [0.2, 0.25) is 0 Å². The van der Waals surface area contributed by atoms with Gasteiger partial charge in [0.05, 0.1) is 0 Å². The van der Waals surface area contributed by atoms with E-state index in [4.69, 9.17) is 5.11 Å². The molecule has 2 aromatic rings. The lowest BCUT2D eigenvalue weighted by molar-refractivity contribution is -0.139. The smallest absolute Gasteiger partial charge is 0.320 e. The summed E-state index contributed by atoms with van der Waals surface area (Å²) in [7, 11) is 0. The quantitative estimate of drug-likeness (QED) is 0.822. The Kier molecular flexibility index (Phi) is 5.26. The minimum absolute atomic E-state index is 0.484.